The van der Waals surface area contributed by atoms with Gasteiger partial charge in [0.15, 0.2) is 0 Å². The average Bonchev–Trinajstić information content (AvgIpc) is 2.14. The topological polar surface area (TPSA) is 25.8 Å². The minimum Gasteiger partial charge on any atom is -0.359 e. The van der Waals surface area contributed by atoms with E-state index < -0.39 is 0 Å². The molecule has 0 saturated heterocycles. The molecule has 0 saturated carbocycles. The minimum atomic E-state index is 0. The van der Waals surface area contributed by atoms with Crippen molar-refractivity contribution in [1.29, 1.82) is 0 Å². The molecule has 1 aromatic rings. The maximum absolute atomic E-state index is 3.63. The first-order chi connectivity index (χ1) is 3.43. The van der Waals surface area contributed by atoms with Gasteiger partial charge in [0.05, 0.1) is 0 Å². The van der Waals surface area contributed by atoms with Crippen molar-refractivity contribution in [2.24, 2.45) is 0 Å². The third-order valence-electron chi connectivity index (χ3n) is 0.688. The van der Waals surface area contributed by atoms with E-state index in [-0.39, 0.29) is 20.4 Å². The number of aromatic nitrogens is 2. The number of hydrogen-bond acceptors (Lipinski definition) is 3. The average molecular weight is 299 g/mol. The quantitative estimate of drug-likeness (QED) is 0.720. The zero-order valence-electron chi connectivity index (χ0n) is 4.39. The van der Waals surface area contributed by atoms with Crippen LogP contribution in [0.1, 0.15) is 11.8 Å². The second-order valence-corrected chi connectivity index (χ2v) is 2.00. The smallest absolute Gasteiger partial charge is 0 e. The Bertz CT molecular complexity index is 129. The molecule has 1 radical (unpaired) electrons. The first kappa shape index (κ1) is 8.22. The number of rotatable bonds is 1. The van der Waals surface area contributed by atoms with Crippen molar-refractivity contribution >= 4 is 11.5 Å². The summed E-state index contributed by atoms with van der Waals surface area (Å²) >= 11 is 1.41. The molecule has 0 aromatic carbocycles. The second-order valence-electron chi connectivity index (χ2n) is 1.16. The van der Waals surface area contributed by atoms with Crippen LogP contribution in [0, 0.1) is 6.20 Å². The van der Waals surface area contributed by atoms with E-state index in [1.54, 1.807) is 0 Å². The summed E-state index contributed by atoms with van der Waals surface area (Å²) in [7, 11) is 0. The Labute approximate surface area is 66.1 Å². The summed E-state index contributed by atoms with van der Waals surface area (Å²) in [5.41, 5.74) is 0. The van der Waals surface area contributed by atoms with Gasteiger partial charge in [-0.25, -0.2) is 0 Å². The SMILES string of the molecule is CCc1[c-]nns1.[Re]. The van der Waals surface area contributed by atoms with Gasteiger partial charge in [-0.15, -0.1) is 9.37 Å². The molecule has 0 fully saturated rings. The molecule has 1 aromatic heterocycles. The van der Waals surface area contributed by atoms with Gasteiger partial charge in [0.1, 0.15) is 0 Å². The Balaban J connectivity index is 0.000000490. The summed E-state index contributed by atoms with van der Waals surface area (Å²) in [6.45, 7) is 2.06. The van der Waals surface area contributed by atoms with E-state index in [0.29, 0.717) is 0 Å². The van der Waals surface area contributed by atoms with Gasteiger partial charge in [0.2, 0.25) is 0 Å². The standard InChI is InChI=1S/C4H5N2S.Re/c1-2-4-3-5-6-7-4;/h2H2,1H3;/q-1;. The van der Waals surface area contributed by atoms with Crippen LogP contribution in [0.4, 0.5) is 0 Å². The van der Waals surface area contributed by atoms with E-state index in [0.717, 1.165) is 11.3 Å². The van der Waals surface area contributed by atoms with Crippen molar-refractivity contribution in [3.05, 3.63) is 11.1 Å². The predicted molar refractivity (Wildman–Crippen MR) is 28.1 cm³/mol. The molecule has 1 rings (SSSR count). The third-order valence-corrected chi connectivity index (χ3v) is 1.45. The summed E-state index contributed by atoms with van der Waals surface area (Å²) in [5.74, 6) is 0. The second kappa shape index (κ2) is 4.14. The van der Waals surface area contributed by atoms with Gasteiger partial charge < -0.3 is 11.3 Å². The van der Waals surface area contributed by atoms with Crippen molar-refractivity contribution in [2.45, 2.75) is 13.3 Å². The maximum atomic E-state index is 3.63. The van der Waals surface area contributed by atoms with Gasteiger partial charge in [0, 0.05) is 20.4 Å². The maximum Gasteiger partial charge on any atom is 0 e. The van der Waals surface area contributed by atoms with Crippen molar-refractivity contribution < 1.29 is 20.4 Å². The van der Waals surface area contributed by atoms with Crippen LogP contribution >= 0.6 is 11.5 Å². The van der Waals surface area contributed by atoms with E-state index in [9.17, 15) is 0 Å². The van der Waals surface area contributed by atoms with Crippen LogP contribution in [-0.2, 0) is 26.8 Å². The Morgan fingerprint density at radius 1 is 1.75 bits per heavy atom. The molecule has 0 aliphatic heterocycles. The Hall–Kier alpha value is 0.222. The molecule has 2 nitrogen and oxygen atoms in total. The monoisotopic (exact) mass is 300 g/mol. The fourth-order valence-electron chi connectivity index (χ4n) is 0.310. The molecule has 1 heterocycles. The molecule has 0 bridgehead atoms. The molecule has 0 atom stereocenters. The van der Waals surface area contributed by atoms with Gasteiger partial charge >= 0.3 is 0 Å². The zero-order valence-corrected chi connectivity index (χ0v) is 7.92. The van der Waals surface area contributed by atoms with Gasteiger partial charge in [-0.05, 0) is 0 Å². The molecular weight excluding hydrogens is 294 g/mol. The molecule has 0 aliphatic carbocycles. The number of aryl methyl sites for hydroxylation is 1. The third kappa shape index (κ3) is 2.00. The molecule has 8 heavy (non-hydrogen) atoms. The molecule has 45 valence electrons. The van der Waals surface area contributed by atoms with Crippen molar-refractivity contribution in [3.8, 4) is 0 Å². The van der Waals surface area contributed by atoms with Crippen LogP contribution in [0.3, 0.4) is 0 Å². The normalized spacial score (nSPS) is 8.12. The number of nitrogens with zero attached hydrogens (tertiary/aromatic N) is 2. The van der Waals surface area contributed by atoms with Crippen LogP contribution < -0.4 is 0 Å². The molecule has 0 amide bonds. The fraction of sp³-hybridized carbons (Fsp3) is 0.500. The fourth-order valence-corrected chi connectivity index (χ4v) is 0.701. The minimum absolute atomic E-state index is 0. The van der Waals surface area contributed by atoms with Crippen LogP contribution in [0.2, 0.25) is 0 Å². The van der Waals surface area contributed by atoms with Crippen LogP contribution in [0.15, 0.2) is 0 Å². The van der Waals surface area contributed by atoms with Crippen molar-refractivity contribution in [2.75, 3.05) is 0 Å². The first-order valence-corrected chi connectivity index (χ1v) is 2.89. The Morgan fingerprint density at radius 2 is 2.50 bits per heavy atom. The predicted octanol–water partition coefficient (Wildman–Crippen LogP) is 0.898. The van der Waals surface area contributed by atoms with Gasteiger partial charge in [0.25, 0.3) is 0 Å². The summed E-state index contributed by atoms with van der Waals surface area (Å²) in [6.07, 6.45) is 3.74. The van der Waals surface area contributed by atoms with Crippen molar-refractivity contribution in [3.63, 3.8) is 0 Å². The largest absolute Gasteiger partial charge is 0.359 e. The van der Waals surface area contributed by atoms with E-state index in [2.05, 4.69) is 22.7 Å². The van der Waals surface area contributed by atoms with E-state index in [4.69, 9.17) is 0 Å². The van der Waals surface area contributed by atoms with Gasteiger partial charge in [-0.2, -0.15) is 0 Å². The van der Waals surface area contributed by atoms with E-state index in [1.165, 1.54) is 11.5 Å². The Morgan fingerprint density at radius 3 is 2.75 bits per heavy atom. The number of hydrogen-bond donors (Lipinski definition) is 0. The van der Waals surface area contributed by atoms with Gasteiger partial charge in [-0.1, -0.05) is 24.9 Å². The summed E-state index contributed by atoms with van der Waals surface area (Å²) < 4.78 is 3.63. The van der Waals surface area contributed by atoms with Crippen LogP contribution in [0.25, 0.3) is 0 Å². The zero-order chi connectivity index (χ0) is 5.11. The molecule has 0 aliphatic rings. The molecule has 0 N–H and O–H groups in total. The van der Waals surface area contributed by atoms with Crippen molar-refractivity contribution in [1.82, 2.24) is 9.59 Å². The summed E-state index contributed by atoms with van der Waals surface area (Å²) in [6, 6.07) is 0. The Kier molecular flexibility index (Phi) is 4.25. The molecule has 0 unspecified atom stereocenters. The summed E-state index contributed by atoms with van der Waals surface area (Å²) in [4.78, 5) is 1.13. The van der Waals surface area contributed by atoms with Crippen LogP contribution in [0.5, 0.6) is 0 Å². The molecular formula is C4H5N2ReS-. The first-order valence-electron chi connectivity index (χ1n) is 2.12. The van der Waals surface area contributed by atoms with Crippen LogP contribution in [-0.4, -0.2) is 9.59 Å². The van der Waals surface area contributed by atoms with Gasteiger partial charge in [-0.3, -0.25) is 0 Å². The van der Waals surface area contributed by atoms with E-state index in [1.807, 2.05) is 0 Å². The molecule has 4 heteroatoms. The summed E-state index contributed by atoms with van der Waals surface area (Å²) in [5, 5.41) is 3.54. The van der Waals surface area contributed by atoms with E-state index >= 15 is 0 Å². The molecule has 0 spiro atoms.